The summed E-state index contributed by atoms with van der Waals surface area (Å²) in [6.07, 6.45) is 2.53. The molecule has 18 heavy (non-hydrogen) atoms. The lowest BCUT2D eigenvalue weighted by Gasteiger charge is -2.38. The normalized spacial score (nSPS) is 21.9. The average Bonchev–Trinajstić information content (AvgIpc) is 2.26. The SMILES string of the molecule is CNC1(C)CCN(S(=O)(=O)CCS(C)(=O)=O)CC1. The third kappa shape index (κ3) is 4.49. The monoisotopic (exact) mass is 298 g/mol. The first-order chi connectivity index (χ1) is 8.08. The number of nitrogens with zero attached hydrogens (tertiary/aromatic N) is 1. The summed E-state index contributed by atoms with van der Waals surface area (Å²) in [5, 5.41) is 3.19. The molecule has 0 bridgehead atoms. The fourth-order valence-electron chi connectivity index (χ4n) is 1.89. The van der Waals surface area contributed by atoms with Gasteiger partial charge in [-0.2, -0.15) is 0 Å². The highest BCUT2D eigenvalue weighted by Crippen LogP contribution is 2.23. The van der Waals surface area contributed by atoms with E-state index in [0.717, 1.165) is 19.1 Å². The van der Waals surface area contributed by atoms with E-state index in [1.54, 1.807) is 0 Å². The zero-order chi connectivity index (χ0) is 14.0. The second kappa shape index (κ2) is 5.44. The molecule has 6 nitrogen and oxygen atoms in total. The van der Waals surface area contributed by atoms with Crippen molar-refractivity contribution >= 4 is 19.9 Å². The molecule has 0 saturated carbocycles. The largest absolute Gasteiger partial charge is 0.314 e. The Morgan fingerprint density at radius 1 is 1.11 bits per heavy atom. The predicted molar refractivity (Wildman–Crippen MR) is 71.8 cm³/mol. The van der Waals surface area contributed by atoms with Crippen molar-refractivity contribution in [1.82, 2.24) is 9.62 Å². The van der Waals surface area contributed by atoms with Gasteiger partial charge in [0.2, 0.25) is 10.0 Å². The summed E-state index contributed by atoms with van der Waals surface area (Å²) in [7, 11) is -4.82. The highest BCUT2D eigenvalue weighted by molar-refractivity contribution is 7.93. The quantitative estimate of drug-likeness (QED) is 0.735. The third-order valence-electron chi connectivity index (χ3n) is 3.53. The Kier molecular flexibility index (Phi) is 4.80. The van der Waals surface area contributed by atoms with Gasteiger partial charge in [0, 0.05) is 24.9 Å². The van der Waals surface area contributed by atoms with Gasteiger partial charge in [0.15, 0.2) is 0 Å². The Labute approximate surface area is 110 Å². The topological polar surface area (TPSA) is 83.6 Å². The minimum Gasteiger partial charge on any atom is -0.314 e. The molecule has 0 aliphatic carbocycles. The van der Waals surface area contributed by atoms with Crippen molar-refractivity contribution in [3.63, 3.8) is 0 Å². The molecule has 1 N–H and O–H groups in total. The molecular weight excluding hydrogens is 276 g/mol. The van der Waals surface area contributed by atoms with Gasteiger partial charge in [-0.05, 0) is 26.8 Å². The molecule has 1 aliphatic heterocycles. The van der Waals surface area contributed by atoms with Gasteiger partial charge >= 0.3 is 0 Å². The summed E-state index contributed by atoms with van der Waals surface area (Å²) in [6, 6.07) is 0. The zero-order valence-corrected chi connectivity index (χ0v) is 12.8. The van der Waals surface area contributed by atoms with Crippen LogP contribution in [-0.2, 0) is 19.9 Å². The fourth-order valence-corrected chi connectivity index (χ4v) is 4.94. The van der Waals surface area contributed by atoms with E-state index < -0.39 is 19.9 Å². The maximum atomic E-state index is 12.0. The van der Waals surface area contributed by atoms with Gasteiger partial charge in [0.05, 0.1) is 11.5 Å². The molecule has 1 heterocycles. The minimum atomic E-state index is -3.45. The lowest BCUT2D eigenvalue weighted by Crippen LogP contribution is -2.51. The summed E-state index contributed by atoms with van der Waals surface area (Å²) in [5.41, 5.74) is -0.0249. The number of hydrogen-bond acceptors (Lipinski definition) is 5. The van der Waals surface area contributed by atoms with Gasteiger partial charge in [-0.1, -0.05) is 0 Å². The Hall–Kier alpha value is -0.180. The van der Waals surface area contributed by atoms with Crippen LogP contribution in [-0.4, -0.2) is 64.6 Å². The van der Waals surface area contributed by atoms with E-state index in [9.17, 15) is 16.8 Å². The molecule has 1 rings (SSSR count). The maximum absolute atomic E-state index is 12.0. The van der Waals surface area contributed by atoms with Crippen molar-refractivity contribution in [3.8, 4) is 0 Å². The molecule has 1 saturated heterocycles. The molecule has 0 aromatic carbocycles. The number of sulfonamides is 1. The number of rotatable bonds is 5. The van der Waals surface area contributed by atoms with Crippen molar-refractivity contribution in [2.75, 3.05) is 37.9 Å². The zero-order valence-electron chi connectivity index (χ0n) is 11.1. The number of piperidine rings is 1. The van der Waals surface area contributed by atoms with Gasteiger partial charge in [0.25, 0.3) is 0 Å². The molecule has 108 valence electrons. The minimum absolute atomic E-state index is 0.0249. The van der Waals surface area contributed by atoms with E-state index in [1.807, 2.05) is 7.05 Å². The molecule has 0 atom stereocenters. The highest BCUT2D eigenvalue weighted by Gasteiger charge is 2.33. The summed E-state index contributed by atoms with van der Waals surface area (Å²) >= 11 is 0. The third-order valence-corrected chi connectivity index (χ3v) is 6.61. The lowest BCUT2D eigenvalue weighted by atomic mass is 9.91. The molecule has 0 unspecified atom stereocenters. The Bertz CT molecular complexity index is 476. The van der Waals surface area contributed by atoms with Crippen LogP contribution in [0.5, 0.6) is 0 Å². The highest BCUT2D eigenvalue weighted by atomic mass is 32.2. The molecule has 1 aliphatic rings. The summed E-state index contributed by atoms with van der Waals surface area (Å²) in [6.45, 7) is 2.96. The molecule has 0 spiro atoms. The van der Waals surface area contributed by atoms with E-state index in [-0.39, 0.29) is 17.0 Å². The average molecular weight is 298 g/mol. The van der Waals surface area contributed by atoms with Crippen LogP contribution in [0.15, 0.2) is 0 Å². The van der Waals surface area contributed by atoms with Crippen molar-refractivity contribution in [3.05, 3.63) is 0 Å². The first kappa shape index (κ1) is 15.9. The van der Waals surface area contributed by atoms with Crippen LogP contribution < -0.4 is 5.32 Å². The number of sulfone groups is 1. The van der Waals surface area contributed by atoms with Crippen molar-refractivity contribution in [2.45, 2.75) is 25.3 Å². The van der Waals surface area contributed by atoms with Crippen molar-refractivity contribution in [2.24, 2.45) is 0 Å². The molecule has 0 amide bonds. The van der Waals surface area contributed by atoms with Gasteiger partial charge < -0.3 is 5.32 Å². The molecular formula is C10H22N2O4S2. The molecule has 0 radical (unpaired) electrons. The summed E-state index contributed by atoms with van der Waals surface area (Å²) < 4.78 is 47.4. The smallest absolute Gasteiger partial charge is 0.215 e. The first-order valence-corrected chi connectivity index (χ1v) is 9.59. The summed E-state index contributed by atoms with van der Waals surface area (Å²) in [4.78, 5) is 0. The van der Waals surface area contributed by atoms with Crippen molar-refractivity contribution in [1.29, 1.82) is 0 Å². The van der Waals surface area contributed by atoms with Crippen LogP contribution in [0, 0.1) is 0 Å². The Morgan fingerprint density at radius 2 is 1.61 bits per heavy atom. The van der Waals surface area contributed by atoms with Crippen LogP contribution in [0.4, 0.5) is 0 Å². The van der Waals surface area contributed by atoms with Gasteiger partial charge in [-0.3, -0.25) is 0 Å². The van der Waals surface area contributed by atoms with Crippen molar-refractivity contribution < 1.29 is 16.8 Å². The van der Waals surface area contributed by atoms with E-state index in [4.69, 9.17) is 0 Å². The maximum Gasteiger partial charge on any atom is 0.215 e. The van der Waals surface area contributed by atoms with E-state index in [0.29, 0.717) is 13.1 Å². The van der Waals surface area contributed by atoms with Crippen LogP contribution in [0.3, 0.4) is 0 Å². The van der Waals surface area contributed by atoms with Crippen LogP contribution >= 0.6 is 0 Å². The van der Waals surface area contributed by atoms with Gasteiger partial charge in [-0.15, -0.1) is 0 Å². The molecule has 8 heteroatoms. The first-order valence-electron chi connectivity index (χ1n) is 5.92. The number of hydrogen-bond donors (Lipinski definition) is 1. The van der Waals surface area contributed by atoms with E-state index in [1.165, 1.54) is 4.31 Å². The second-order valence-electron chi connectivity index (χ2n) is 5.16. The predicted octanol–water partition coefficient (Wildman–Crippen LogP) is -0.565. The lowest BCUT2D eigenvalue weighted by molar-refractivity contribution is 0.220. The van der Waals surface area contributed by atoms with Crippen LogP contribution in [0.1, 0.15) is 19.8 Å². The second-order valence-corrected chi connectivity index (χ2v) is 9.50. The van der Waals surface area contributed by atoms with Crippen LogP contribution in [0.2, 0.25) is 0 Å². The number of nitrogens with one attached hydrogen (secondary N) is 1. The van der Waals surface area contributed by atoms with E-state index in [2.05, 4.69) is 12.2 Å². The standard InChI is InChI=1S/C10H22N2O4S2/c1-10(11-2)4-6-12(7-5-10)18(15,16)9-8-17(3,13)14/h11H,4-9H2,1-3H3. The Balaban J connectivity index is 2.61. The van der Waals surface area contributed by atoms with Gasteiger partial charge in [0.1, 0.15) is 9.84 Å². The Morgan fingerprint density at radius 3 is 2.00 bits per heavy atom. The summed E-state index contributed by atoms with van der Waals surface area (Å²) in [5.74, 6) is -0.628. The fraction of sp³-hybridized carbons (Fsp3) is 1.00. The molecule has 0 aromatic rings. The van der Waals surface area contributed by atoms with E-state index >= 15 is 0 Å². The van der Waals surface area contributed by atoms with Gasteiger partial charge in [-0.25, -0.2) is 21.1 Å². The van der Waals surface area contributed by atoms with Crippen LogP contribution in [0.25, 0.3) is 0 Å². The molecule has 0 aromatic heterocycles. The molecule has 1 fully saturated rings.